The number of nitrogens with zero attached hydrogens (tertiary/aromatic N) is 2. The highest BCUT2D eigenvalue weighted by molar-refractivity contribution is 7.89. The van der Waals surface area contributed by atoms with Gasteiger partial charge in [-0.2, -0.15) is 4.31 Å². The summed E-state index contributed by atoms with van der Waals surface area (Å²) in [5, 5.41) is 6.57. The number of aromatic nitrogens is 1. The summed E-state index contributed by atoms with van der Waals surface area (Å²) in [4.78, 5) is 12.6. The van der Waals surface area contributed by atoms with Crippen LogP contribution in [0.1, 0.15) is 29.9 Å². The molecule has 1 fully saturated rings. The standard InChI is InChI=1S/C25H26FN3O5S/c1-17-24(23(34-28-17)11-8-18-6-9-22(33-2)10-7-18)35(31,32)29-14-12-19(13-15-29)25(30)27-21-5-3-4-20(26)16-21/h3-11,16,19H,12-15H2,1-2H3,(H,27,30). The predicted molar refractivity (Wildman–Crippen MR) is 130 cm³/mol. The number of aryl methyl sites for hydroxylation is 1. The molecule has 0 unspecified atom stereocenters. The number of piperidine rings is 1. The van der Waals surface area contributed by atoms with E-state index in [-0.39, 0.29) is 41.3 Å². The smallest absolute Gasteiger partial charge is 0.248 e. The number of sulfonamides is 1. The predicted octanol–water partition coefficient (Wildman–Crippen LogP) is 4.34. The zero-order valence-corrected chi connectivity index (χ0v) is 20.2. The summed E-state index contributed by atoms with van der Waals surface area (Å²) in [6, 6.07) is 12.9. The van der Waals surface area contributed by atoms with Gasteiger partial charge in [0.05, 0.1) is 7.11 Å². The summed E-state index contributed by atoms with van der Waals surface area (Å²) < 4.78 is 52.0. The first-order valence-electron chi connectivity index (χ1n) is 11.1. The van der Waals surface area contributed by atoms with E-state index in [2.05, 4.69) is 10.5 Å². The molecule has 0 atom stereocenters. The van der Waals surface area contributed by atoms with E-state index in [0.29, 0.717) is 24.3 Å². The van der Waals surface area contributed by atoms with Crippen LogP contribution in [-0.2, 0) is 14.8 Å². The fourth-order valence-electron chi connectivity index (χ4n) is 3.98. The molecule has 1 N–H and O–H groups in total. The second-order valence-electron chi connectivity index (χ2n) is 8.25. The third kappa shape index (κ3) is 5.60. The quantitative estimate of drug-likeness (QED) is 0.519. The van der Waals surface area contributed by atoms with Gasteiger partial charge in [0.15, 0.2) is 10.7 Å². The van der Waals surface area contributed by atoms with Gasteiger partial charge in [0.1, 0.15) is 17.3 Å². The van der Waals surface area contributed by atoms with Crippen LogP contribution in [0.3, 0.4) is 0 Å². The van der Waals surface area contributed by atoms with Gasteiger partial charge in [-0.1, -0.05) is 29.4 Å². The topological polar surface area (TPSA) is 102 Å². The number of carbonyl (C=O) groups is 1. The number of anilines is 1. The van der Waals surface area contributed by atoms with Crippen LogP contribution in [0.25, 0.3) is 12.2 Å². The van der Waals surface area contributed by atoms with Crippen molar-refractivity contribution in [3.8, 4) is 5.75 Å². The molecule has 1 aromatic heterocycles. The van der Waals surface area contributed by atoms with Crippen LogP contribution >= 0.6 is 0 Å². The van der Waals surface area contributed by atoms with Gasteiger partial charge in [-0.05, 0) is 61.7 Å². The zero-order chi connectivity index (χ0) is 25.0. The van der Waals surface area contributed by atoms with E-state index >= 15 is 0 Å². The number of carbonyl (C=O) groups excluding carboxylic acids is 1. The molecule has 0 aliphatic carbocycles. The maximum Gasteiger partial charge on any atom is 0.248 e. The lowest BCUT2D eigenvalue weighted by Gasteiger charge is -2.30. The molecule has 35 heavy (non-hydrogen) atoms. The Kier molecular flexibility index (Phi) is 7.32. The molecule has 3 aromatic rings. The molecule has 1 aliphatic rings. The number of hydrogen-bond donors (Lipinski definition) is 1. The van der Waals surface area contributed by atoms with Gasteiger partial charge in [-0.3, -0.25) is 4.79 Å². The van der Waals surface area contributed by atoms with Crippen LogP contribution in [0.2, 0.25) is 0 Å². The van der Waals surface area contributed by atoms with Gasteiger partial charge in [0.2, 0.25) is 15.9 Å². The van der Waals surface area contributed by atoms with Crippen LogP contribution in [0.15, 0.2) is 57.9 Å². The largest absolute Gasteiger partial charge is 0.497 e. The molecule has 0 radical (unpaired) electrons. The Morgan fingerprint density at radius 1 is 1.17 bits per heavy atom. The average Bonchev–Trinajstić information content (AvgIpc) is 3.24. The van der Waals surface area contributed by atoms with Crippen molar-refractivity contribution in [2.24, 2.45) is 5.92 Å². The fraction of sp³-hybridized carbons (Fsp3) is 0.280. The summed E-state index contributed by atoms with van der Waals surface area (Å²) in [6.45, 7) is 1.94. The molecule has 4 rings (SSSR count). The lowest BCUT2D eigenvalue weighted by atomic mass is 9.97. The van der Waals surface area contributed by atoms with E-state index in [4.69, 9.17) is 9.26 Å². The van der Waals surface area contributed by atoms with Crippen molar-refractivity contribution in [1.82, 2.24) is 9.46 Å². The van der Waals surface area contributed by atoms with Gasteiger partial charge in [0.25, 0.3) is 0 Å². The second kappa shape index (κ2) is 10.4. The minimum Gasteiger partial charge on any atom is -0.497 e. The Labute approximate surface area is 203 Å². The molecular weight excluding hydrogens is 473 g/mol. The third-order valence-corrected chi connectivity index (χ3v) is 7.95. The van der Waals surface area contributed by atoms with Gasteiger partial charge in [-0.25, -0.2) is 12.8 Å². The minimum absolute atomic E-state index is 0.0184. The van der Waals surface area contributed by atoms with E-state index < -0.39 is 15.8 Å². The summed E-state index contributed by atoms with van der Waals surface area (Å²) in [6.07, 6.45) is 4.01. The van der Waals surface area contributed by atoms with Crippen LogP contribution in [0.4, 0.5) is 10.1 Å². The highest BCUT2D eigenvalue weighted by atomic mass is 32.2. The Morgan fingerprint density at radius 3 is 2.54 bits per heavy atom. The Balaban J connectivity index is 1.44. The van der Waals surface area contributed by atoms with Crippen LogP contribution in [-0.4, -0.2) is 44.0 Å². The van der Waals surface area contributed by atoms with Crippen molar-refractivity contribution < 1.29 is 26.9 Å². The summed E-state index contributed by atoms with van der Waals surface area (Å²) in [7, 11) is -2.30. The number of benzene rings is 2. The molecule has 0 spiro atoms. The first-order valence-corrected chi connectivity index (χ1v) is 12.6. The summed E-state index contributed by atoms with van der Waals surface area (Å²) >= 11 is 0. The van der Waals surface area contributed by atoms with E-state index in [1.54, 1.807) is 44.4 Å². The minimum atomic E-state index is -3.88. The molecular formula is C25H26FN3O5S. The lowest BCUT2D eigenvalue weighted by molar-refractivity contribution is -0.120. The summed E-state index contributed by atoms with van der Waals surface area (Å²) in [5.74, 6) is -0.206. The van der Waals surface area contributed by atoms with Crippen LogP contribution in [0.5, 0.6) is 5.75 Å². The first-order chi connectivity index (χ1) is 16.8. The van der Waals surface area contributed by atoms with Crippen molar-refractivity contribution in [1.29, 1.82) is 0 Å². The van der Waals surface area contributed by atoms with E-state index in [1.165, 1.54) is 22.5 Å². The van der Waals surface area contributed by atoms with Gasteiger partial charge in [0, 0.05) is 24.7 Å². The Morgan fingerprint density at radius 2 is 1.89 bits per heavy atom. The van der Waals surface area contributed by atoms with Crippen molar-refractivity contribution in [3.05, 3.63) is 71.4 Å². The maximum absolute atomic E-state index is 13.4. The second-order valence-corrected chi connectivity index (χ2v) is 10.1. The van der Waals surface area contributed by atoms with Crippen LogP contribution in [0, 0.1) is 18.7 Å². The monoisotopic (exact) mass is 499 g/mol. The molecule has 1 aliphatic heterocycles. The Hall–Kier alpha value is -3.50. The van der Waals surface area contributed by atoms with Crippen molar-refractivity contribution >= 4 is 33.8 Å². The maximum atomic E-state index is 13.4. The molecule has 1 saturated heterocycles. The molecule has 2 aromatic carbocycles. The van der Waals surface area contributed by atoms with Crippen LogP contribution < -0.4 is 10.1 Å². The number of amides is 1. The number of methoxy groups -OCH3 is 1. The number of halogens is 1. The van der Waals surface area contributed by atoms with Gasteiger partial charge in [-0.15, -0.1) is 0 Å². The SMILES string of the molecule is COc1ccc(C=Cc2onc(C)c2S(=O)(=O)N2CCC(C(=O)Nc3cccc(F)c3)CC2)cc1. The first kappa shape index (κ1) is 24.6. The number of nitrogens with one attached hydrogen (secondary N) is 1. The number of ether oxygens (including phenoxy) is 1. The number of rotatable bonds is 7. The van der Waals surface area contributed by atoms with Crippen molar-refractivity contribution in [2.75, 3.05) is 25.5 Å². The molecule has 1 amide bonds. The Bertz CT molecular complexity index is 1330. The van der Waals surface area contributed by atoms with E-state index in [0.717, 1.165) is 5.56 Å². The van der Waals surface area contributed by atoms with E-state index in [9.17, 15) is 17.6 Å². The highest BCUT2D eigenvalue weighted by Gasteiger charge is 2.36. The lowest BCUT2D eigenvalue weighted by Crippen LogP contribution is -2.41. The summed E-state index contributed by atoms with van der Waals surface area (Å²) in [5.41, 5.74) is 1.48. The molecule has 184 valence electrons. The van der Waals surface area contributed by atoms with Crippen molar-refractivity contribution in [3.63, 3.8) is 0 Å². The third-order valence-electron chi connectivity index (χ3n) is 5.89. The van der Waals surface area contributed by atoms with E-state index in [1.807, 2.05) is 12.1 Å². The fourth-order valence-corrected chi connectivity index (χ4v) is 5.70. The van der Waals surface area contributed by atoms with Gasteiger partial charge < -0.3 is 14.6 Å². The average molecular weight is 500 g/mol. The number of hydrogen-bond acceptors (Lipinski definition) is 6. The molecule has 0 saturated carbocycles. The van der Waals surface area contributed by atoms with Crippen molar-refractivity contribution in [2.45, 2.75) is 24.7 Å². The molecule has 10 heteroatoms. The molecule has 8 nitrogen and oxygen atoms in total. The molecule has 2 heterocycles. The molecule has 0 bridgehead atoms. The normalized spacial score (nSPS) is 15.4. The van der Waals surface area contributed by atoms with Gasteiger partial charge >= 0.3 is 0 Å². The zero-order valence-electron chi connectivity index (χ0n) is 19.4. The highest BCUT2D eigenvalue weighted by Crippen LogP contribution is 2.30.